The molecule has 0 unspecified atom stereocenters. The summed E-state index contributed by atoms with van der Waals surface area (Å²) in [6, 6.07) is 6.86. The van der Waals surface area contributed by atoms with Crippen molar-refractivity contribution in [2.75, 3.05) is 7.11 Å². The molecular weight excluding hydrogens is 231 g/mol. The van der Waals surface area contributed by atoms with Gasteiger partial charge in [-0.15, -0.1) is 0 Å². The molecule has 1 aromatic carbocycles. The summed E-state index contributed by atoms with van der Waals surface area (Å²) < 4.78 is 44.4. The van der Waals surface area contributed by atoms with E-state index in [1.165, 1.54) is 13.2 Å². The van der Waals surface area contributed by atoms with Gasteiger partial charge >= 0.3 is 6.18 Å². The Kier molecular flexibility index (Phi) is 2.83. The van der Waals surface area contributed by atoms with Crippen LogP contribution in [0.15, 0.2) is 42.7 Å². The fourth-order valence-electron chi connectivity index (χ4n) is 1.56. The fourth-order valence-corrected chi connectivity index (χ4v) is 1.56. The number of alkyl halides is 3. The lowest BCUT2D eigenvalue weighted by atomic mass is 10.1. The Hall–Kier alpha value is -1.91. The maximum atomic E-state index is 12.6. The molecule has 0 saturated heterocycles. The molecule has 2 rings (SSSR count). The van der Waals surface area contributed by atoms with Crippen molar-refractivity contribution in [1.29, 1.82) is 0 Å². The Balaban J connectivity index is 2.55. The van der Waals surface area contributed by atoms with E-state index in [1.54, 1.807) is 29.1 Å². The van der Waals surface area contributed by atoms with E-state index < -0.39 is 11.7 Å². The van der Waals surface area contributed by atoms with Crippen LogP contribution in [0.3, 0.4) is 0 Å². The summed E-state index contributed by atoms with van der Waals surface area (Å²) >= 11 is 0. The average molecular weight is 241 g/mol. The number of nitrogens with zero attached hydrogens (tertiary/aromatic N) is 1. The molecule has 0 aliphatic rings. The maximum absolute atomic E-state index is 12.6. The number of hydrogen-bond donors (Lipinski definition) is 0. The van der Waals surface area contributed by atoms with Crippen LogP contribution >= 0.6 is 0 Å². The second kappa shape index (κ2) is 4.16. The molecule has 0 N–H and O–H groups in total. The van der Waals surface area contributed by atoms with E-state index in [2.05, 4.69) is 0 Å². The molecule has 0 atom stereocenters. The first-order valence-electron chi connectivity index (χ1n) is 4.91. The minimum absolute atomic E-state index is 0.368. The topological polar surface area (TPSA) is 14.2 Å². The molecule has 0 bridgehead atoms. The van der Waals surface area contributed by atoms with Crippen molar-refractivity contribution in [3.8, 4) is 11.4 Å². The highest BCUT2D eigenvalue weighted by Gasteiger charge is 2.31. The Bertz CT molecular complexity index is 503. The van der Waals surface area contributed by atoms with Crippen LogP contribution in [-0.2, 0) is 6.18 Å². The lowest BCUT2D eigenvalue weighted by molar-refractivity contribution is -0.137. The molecule has 0 fully saturated rings. The van der Waals surface area contributed by atoms with Crippen LogP contribution in [-0.4, -0.2) is 11.7 Å². The minimum atomic E-state index is -4.35. The van der Waals surface area contributed by atoms with Gasteiger partial charge in [0.1, 0.15) is 5.75 Å². The van der Waals surface area contributed by atoms with E-state index >= 15 is 0 Å². The Labute approximate surface area is 96.2 Å². The predicted molar refractivity (Wildman–Crippen MR) is 57.3 cm³/mol. The van der Waals surface area contributed by atoms with Gasteiger partial charge < -0.3 is 9.30 Å². The number of aromatic nitrogens is 1. The summed E-state index contributed by atoms with van der Waals surface area (Å²) in [7, 11) is 1.43. The summed E-state index contributed by atoms with van der Waals surface area (Å²) in [5, 5.41) is 0. The number of benzene rings is 1. The van der Waals surface area contributed by atoms with Crippen molar-refractivity contribution in [2.45, 2.75) is 6.18 Å². The molecule has 0 aliphatic heterocycles. The van der Waals surface area contributed by atoms with E-state index in [0.717, 1.165) is 12.1 Å². The molecule has 1 heterocycles. The van der Waals surface area contributed by atoms with Gasteiger partial charge in [-0.05, 0) is 30.3 Å². The predicted octanol–water partition coefficient (Wildman–Crippen LogP) is 3.50. The lowest BCUT2D eigenvalue weighted by Crippen LogP contribution is -2.06. The summed E-state index contributed by atoms with van der Waals surface area (Å²) in [4.78, 5) is 0. The molecule has 5 heteroatoms. The van der Waals surface area contributed by atoms with E-state index in [9.17, 15) is 13.2 Å². The van der Waals surface area contributed by atoms with Crippen molar-refractivity contribution in [2.24, 2.45) is 0 Å². The fraction of sp³-hybridized carbons (Fsp3) is 0.167. The Morgan fingerprint density at radius 2 is 1.76 bits per heavy atom. The van der Waals surface area contributed by atoms with Gasteiger partial charge in [0.2, 0.25) is 0 Å². The Morgan fingerprint density at radius 3 is 2.29 bits per heavy atom. The van der Waals surface area contributed by atoms with Gasteiger partial charge in [-0.2, -0.15) is 13.2 Å². The van der Waals surface area contributed by atoms with Crippen LogP contribution in [0, 0.1) is 0 Å². The molecule has 2 nitrogen and oxygen atoms in total. The summed E-state index contributed by atoms with van der Waals surface area (Å²) in [5.74, 6) is 0.397. The second-order valence-electron chi connectivity index (χ2n) is 3.47. The largest absolute Gasteiger partial charge is 0.495 e. The van der Waals surface area contributed by atoms with Crippen molar-refractivity contribution in [1.82, 2.24) is 4.57 Å². The molecule has 90 valence electrons. The number of hydrogen-bond acceptors (Lipinski definition) is 1. The molecule has 0 aliphatic carbocycles. The standard InChI is InChI=1S/C12H10F3NO/c1-17-11-5-4-9(12(13,14)15)8-10(11)16-6-2-3-7-16/h2-8H,1H3. The zero-order valence-electron chi connectivity index (χ0n) is 9.03. The van der Waals surface area contributed by atoms with Gasteiger partial charge in [0.25, 0.3) is 0 Å². The summed E-state index contributed by atoms with van der Waals surface area (Å²) in [6.07, 6.45) is -1.02. The van der Waals surface area contributed by atoms with E-state index in [-0.39, 0.29) is 0 Å². The molecule has 0 radical (unpaired) electrons. The van der Waals surface area contributed by atoms with Gasteiger partial charge in [-0.25, -0.2) is 0 Å². The number of rotatable bonds is 2. The normalized spacial score (nSPS) is 11.5. The third kappa shape index (κ3) is 2.27. The zero-order valence-corrected chi connectivity index (χ0v) is 9.03. The zero-order chi connectivity index (χ0) is 12.5. The van der Waals surface area contributed by atoms with Crippen LogP contribution in [0.1, 0.15) is 5.56 Å². The molecule has 0 saturated carbocycles. The third-order valence-electron chi connectivity index (χ3n) is 2.39. The first-order chi connectivity index (χ1) is 8.02. The number of halogens is 3. The molecule has 1 aromatic heterocycles. The average Bonchev–Trinajstić information content (AvgIpc) is 2.80. The molecule has 2 aromatic rings. The van der Waals surface area contributed by atoms with Crippen LogP contribution in [0.2, 0.25) is 0 Å². The highest BCUT2D eigenvalue weighted by Crippen LogP contribution is 2.33. The molecule has 0 amide bonds. The monoisotopic (exact) mass is 241 g/mol. The van der Waals surface area contributed by atoms with Crippen molar-refractivity contribution < 1.29 is 17.9 Å². The lowest BCUT2D eigenvalue weighted by Gasteiger charge is -2.13. The van der Waals surface area contributed by atoms with E-state index in [0.29, 0.717) is 11.4 Å². The van der Waals surface area contributed by atoms with Gasteiger partial charge in [-0.3, -0.25) is 0 Å². The summed E-state index contributed by atoms with van der Waals surface area (Å²) in [5.41, 5.74) is -0.325. The first kappa shape index (κ1) is 11.6. The van der Waals surface area contributed by atoms with Crippen LogP contribution in [0.25, 0.3) is 5.69 Å². The van der Waals surface area contributed by atoms with E-state index in [1.807, 2.05) is 0 Å². The first-order valence-corrected chi connectivity index (χ1v) is 4.91. The number of ether oxygens (including phenoxy) is 1. The highest BCUT2D eigenvalue weighted by molar-refractivity contribution is 5.50. The van der Waals surface area contributed by atoms with Gasteiger partial charge in [0.15, 0.2) is 0 Å². The van der Waals surface area contributed by atoms with Crippen LogP contribution < -0.4 is 4.74 Å². The van der Waals surface area contributed by atoms with E-state index in [4.69, 9.17) is 4.74 Å². The maximum Gasteiger partial charge on any atom is 0.416 e. The van der Waals surface area contributed by atoms with Gasteiger partial charge in [-0.1, -0.05) is 0 Å². The van der Waals surface area contributed by atoms with Crippen LogP contribution in [0.5, 0.6) is 5.75 Å². The quantitative estimate of drug-likeness (QED) is 0.784. The third-order valence-corrected chi connectivity index (χ3v) is 2.39. The molecule has 17 heavy (non-hydrogen) atoms. The molecular formula is C12H10F3NO. The van der Waals surface area contributed by atoms with Crippen molar-refractivity contribution >= 4 is 0 Å². The van der Waals surface area contributed by atoms with Gasteiger partial charge in [0.05, 0.1) is 18.4 Å². The molecule has 0 spiro atoms. The second-order valence-corrected chi connectivity index (χ2v) is 3.47. The Morgan fingerprint density at radius 1 is 1.12 bits per heavy atom. The smallest absolute Gasteiger partial charge is 0.416 e. The van der Waals surface area contributed by atoms with Crippen molar-refractivity contribution in [3.05, 3.63) is 48.3 Å². The SMILES string of the molecule is COc1ccc(C(F)(F)F)cc1-n1cccc1. The highest BCUT2D eigenvalue weighted by atomic mass is 19.4. The summed E-state index contributed by atoms with van der Waals surface area (Å²) in [6.45, 7) is 0. The number of methoxy groups -OCH3 is 1. The minimum Gasteiger partial charge on any atom is -0.495 e. The van der Waals surface area contributed by atoms with Crippen molar-refractivity contribution in [3.63, 3.8) is 0 Å². The van der Waals surface area contributed by atoms with Gasteiger partial charge in [0, 0.05) is 12.4 Å². The van der Waals surface area contributed by atoms with Crippen LogP contribution in [0.4, 0.5) is 13.2 Å².